The number of fused-ring (bicyclic) bond motifs is 1. The van der Waals surface area contributed by atoms with Crippen molar-refractivity contribution in [3.05, 3.63) is 65.7 Å². The zero-order valence-corrected chi connectivity index (χ0v) is 14.8. The summed E-state index contributed by atoms with van der Waals surface area (Å²) in [5.74, 6) is -0.771. The SMILES string of the molecule is O=C(C(=O)N1CCc2ccccc21)N1CCN(Cc2ccccc2)CC1. The predicted octanol–water partition coefficient (Wildman–Crippen LogP) is 1.92. The molecule has 5 nitrogen and oxygen atoms in total. The number of anilines is 1. The van der Waals surface area contributed by atoms with E-state index >= 15 is 0 Å². The lowest BCUT2D eigenvalue weighted by atomic mass is 10.2. The number of hydrogen-bond donors (Lipinski definition) is 0. The van der Waals surface area contributed by atoms with Gasteiger partial charge in [0, 0.05) is 45.0 Å². The Labute approximate surface area is 153 Å². The molecule has 0 spiro atoms. The van der Waals surface area contributed by atoms with E-state index in [-0.39, 0.29) is 5.91 Å². The number of carbonyl (C=O) groups is 2. The smallest absolute Gasteiger partial charge is 0.316 e. The fraction of sp³-hybridized carbons (Fsp3) is 0.333. The Hall–Kier alpha value is -2.66. The lowest BCUT2D eigenvalue weighted by Crippen LogP contribution is -2.53. The average Bonchev–Trinajstić information content (AvgIpc) is 3.12. The molecule has 2 amide bonds. The lowest BCUT2D eigenvalue weighted by molar-refractivity contribution is -0.145. The van der Waals surface area contributed by atoms with Crippen molar-refractivity contribution in [3.63, 3.8) is 0 Å². The molecule has 134 valence electrons. The standard InChI is InChI=1S/C21H23N3O2/c25-20(21(26)24-11-10-18-8-4-5-9-19(18)24)23-14-12-22(13-15-23)16-17-6-2-1-3-7-17/h1-9H,10-16H2. The van der Waals surface area contributed by atoms with Crippen molar-refractivity contribution in [2.45, 2.75) is 13.0 Å². The molecule has 0 saturated carbocycles. The van der Waals surface area contributed by atoms with Crippen molar-refractivity contribution in [2.75, 3.05) is 37.6 Å². The van der Waals surface area contributed by atoms with Gasteiger partial charge in [-0.25, -0.2) is 0 Å². The first kappa shape index (κ1) is 16.8. The lowest BCUT2D eigenvalue weighted by Gasteiger charge is -2.35. The minimum Gasteiger partial charge on any atom is -0.332 e. The molecule has 0 aliphatic carbocycles. The zero-order valence-electron chi connectivity index (χ0n) is 14.8. The van der Waals surface area contributed by atoms with Crippen LogP contribution in [-0.4, -0.2) is 54.3 Å². The van der Waals surface area contributed by atoms with Gasteiger partial charge in [-0.3, -0.25) is 14.5 Å². The topological polar surface area (TPSA) is 43.9 Å². The van der Waals surface area contributed by atoms with Gasteiger partial charge in [-0.2, -0.15) is 0 Å². The molecule has 2 aromatic carbocycles. The van der Waals surface area contributed by atoms with Crippen molar-refractivity contribution < 1.29 is 9.59 Å². The average molecular weight is 349 g/mol. The highest BCUT2D eigenvalue weighted by Crippen LogP contribution is 2.27. The summed E-state index contributed by atoms with van der Waals surface area (Å²) in [5.41, 5.74) is 3.30. The maximum atomic E-state index is 12.7. The molecule has 2 aromatic rings. The van der Waals surface area contributed by atoms with Crippen LogP contribution in [0, 0.1) is 0 Å². The van der Waals surface area contributed by atoms with E-state index in [4.69, 9.17) is 0 Å². The van der Waals surface area contributed by atoms with E-state index < -0.39 is 5.91 Å². The molecule has 0 N–H and O–H groups in total. The van der Waals surface area contributed by atoms with Crippen molar-refractivity contribution in [3.8, 4) is 0 Å². The first-order chi connectivity index (χ1) is 12.7. The van der Waals surface area contributed by atoms with E-state index in [1.165, 1.54) is 5.56 Å². The van der Waals surface area contributed by atoms with Gasteiger partial charge in [0.15, 0.2) is 0 Å². The van der Waals surface area contributed by atoms with Crippen LogP contribution in [0.3, 0.4) is 0 Å². The Morgan fingerprint density at radius 1 is 0.769 bits per heavy atom. The Balaban J connectivity index is 1.34. The first-order valence-electron chi connectivity index (χ1n) is 9.17. The van der Waals surface area contributed by atoms with Crippen LogP contribution < -0.4 is 4.90 Å². The van der Waals surface area contributed by atoms with Gasteiger partial charge in [0.05, 0.1) is 0 Å². The zero-order chi connectivity index (χ0) is 17.9. The summed E-state index contributed by atoms with van der Waals surface area (Å²) in [6.45, 7) is 4.28. The van der Waals surface area contributed by atoms with E-state index in [0.29, 0.717) is 19.6 Å². The van der Waals surface area contributed by atoms with Gasteiger partial charge >= 0.3 is 11.8 Å². The largest absolute Gasteiger partial charge is 0.332 e. The Morgan fingerprint density at radius 2 is 1.46 bits per heavy atom. The van der Waals surface area contributed by atoms with E-state index in [0.717, 1.165) is 37.3 Å². The number of nitrogens with zero attached hydrogens (tertiary/aromatic N) is 3. The number of amides is 2. The van der Waals surface area contributed by atoms with Crippen LogP contribution in [0.5, 0.6) is 0 Å². The summed E-state index contributed by atoms with van der Waals surface area (Å²) in [6.07, 6.45) is 0.819. The summed E-state index contributed by atoms with van der Waals surface area (Å²) in [5, 5.41) is 0. The van der Waals surface area contributed by atoms with Crippen molar-refractivity contribution in [2.24, 2.45) is 0 Å². The molecular weight excluding hydrogens is 326 g/mol. The first-order valence-corrected chi connectivity index (χ1v) is 9.17. The highest BCUT2D eigenvalue weighted by molar-refractivity contribution is 6.40. The van der Waals surface area contributed by atoms with Gasteiger partial charge < -0.3 is 9.80 Å². The molecule has 2 aliphatic heterocycles. The van der Waals surface area contributed by atoms with E-state index in [1.807, 2.05) is 42.5 Å². The Bertz CT molecular complexity index is 798. The summed E-state index contributed by atoms with van der Waals surface area (Å²) in [7, 11) is 0. The van der Waals surface area contributed by atoms with E-state index in [2.05, 4.69) is 17.0 Å². The third-order valence-electron chi connectivity index (χ3n) is 5.22. The molecule has 0 unspecified atom stereocenters. The van der Waals surface area contributed by atoms with Gasteiger partial charge in [0.2, 0.25) is 0 Å². The molecule has 5 heteroatoms. The quantitative estimate of drug-likeness (QED) is 0.778. The van der Waals surface area contributed by atoms with Crippen LogP contribution in [0.2, 0.25) is 0 Å². The molecule has 2 heterocycles. The number of piperazine rings is 1. The second-order valence-electron chi connectivity index (χ2n) is 6.89. The fourth-order valence-electron chi connectivity index (χ4n) is 3.75. The Morgan fingerprint density at radius 3 is 2.23 bits per heavy atom. The summed E-state index contributed by atoms with van der Waals surface area (Å²) >= 11 is 0. The highest BCUT2D eigenvalue weighted by atomic mass is 16.2. The van der Waals surface area contributed by atoms with Crippen LogP contribution in [0.25, 0.3) is 0 Å². The van der Waals surface area contributed by atoms with Crippen LogP contribution in [0.1, 0.15) is 11.1 Å². The minimum atomic E-state index is -0.397. The predicted molar refractivity (Wildman–Crippen MR) is 101 cm³/mol. The van der Waals surface area contributed by atoms with Gasteiger partial charge in [0.25, 0.3) is 0 Å². The number of hydrogen-bond acceptors (Lipinski definition) is 3. The van der Waals surface area contributed by atoms with E-state index in [9.17, 15) is 9.59 Å². The van der Waals surface area contributed by atoms with E-state index in [1.54, 1.807) is 9.80 Å². The third-order valence-corrected chi connectivity index (χ3v) is 5.22. The fourth-order valence-corrected chi connectivity index (χ4v) is 3.75. The van der Waals surface area contributed by atoms with Gasteiger partial charge in [0.1, 0.15) is 0 Å². The van der Waals surface area contributed by atoms with Crippen LogP contribution in [0.15, 0.2) is 54.6 Å². The molecular formula is C21H23N3O2. The third kappa shape index (κ3) is 3.35. The molecule has 1 saturated heterocycles. The van der Waals surface area contributed by atoms with Gasteiger partial charge in [-0.1, -0.05) is 48.5 Å². The normalized spacial score (nSPS) is 17.2. The summed E-state index contributed by atoms with van der Waals surface area (Å²) < 4.78 is 0. The summed E-state index contributed by atoms with van der Waals surface area (Å²) in [4.78, 5) is 31.0. The number of benzene rings is 2. The molecule has 1 fully saturated rings. The second kappa shape index (κ2) is 7.30. The molecule has 0 bridgehead atoms. The number of carbonyl (C=O) groups excluding carboxylic acids is 2. The van der Waals surface area contributed by atoms with Crippen molar-refractivity contribution in [1.29, 1.82) is 0 Å². The molecule has 0 atom stereocenters. The second-order valence-corrected chi connectivity index (χ2v) is 6.89. The molecule has 4 rings (SSSR count). The molecule has 0 radical (unpaired) electrons. The number of rotatable bonds is 2. The van der Waals surface area contributed by atoms with Crippen molar-refractivity contribution in [1.82, 2.24) is 9.80 Å². The number of para-hydroxylation sites is 1. The monoisotopic (exact) mass is 349 g/mol. The summed E-state index contributed by atoms with van der Waals surface area (Å²) in [6, 6.07) is 18.2. The van der Waals surface area contributed by atoms with Crippen LogP contribution >= 0.6 is 0 Å². The Kier molecular flexibility index (Phi) is 4.71. The maximum Gasteiger partial charge on any atom is 0.316 e. The van der Waals surface area contributed by atoms with Crippen molar-refractivity contribution >= 4 is 17.5 Å². The molecule has 0 aromatic heterocycles. The molecule has 26 heavy (non-hydrogen) atoms. The maximum absolute atomic E-state index is 12.7. The highest BCUT2D eigenvalue weighted by Gasteiger charge is 2.33. The molecule has 2 aliphatic rings. The van der Waals surface area contributed by atoms with Crippen LogP contribution in [0.4, 0.5) is 5.69 Å². The van der Waals surface area contributed by atoms with Gasteiger partial charge in [-0.15, -0.1) is 0 Å². The van der Waals surface area contributed by atoms with Gasteiger partial charge in [-0.05, 0) is 23.6 Å². The minimum absolute atomic E-state index is 0.374. The van der Waals surface area contributed by atoms with Crippen LogP contribution in [-0.2, 0) is 22.6 Å².